The molecule has 1 aromatic heterocycles. The third kappa shape index (κ3) is 2.97. The van der Waals surface area contributed by atoms with E-state index in [4.69, 9.17) is 17.3 Å². The molecule has 2 rings (SSSR count). The van der Waals surface area contributed by atoms with Crippen LogP contribution in [-0.2, 0) is 0 Å². The highest BCUT2D eigenvalue weighted by Crippen LogP contribution is 2.27. The summed E-state index contributed by atoms with van der Waals surface area (Å²) in [5.41, 5.74) is 7.22. The van der Waals surface area contributed by atoms with Crippen LogP contribution >= 0.6 is 11.6 Å². The van der Waals surface area contributed by atoms with Crippen molar-refractivity contribution < 1.29 is 4.79 Å². The molecule has 100 valence electrons. The standard InChI is InChI=1S/C12H14ClN5O/c1-18(2)10-4-3-7(5-8(10)13)15-12(19)9-6-11(14)17-16-9/h3-6H,1-2H3,(H,15,19)(H3,14,16,17). The predicted molar refractivity (Wildman–Crippen MR) is 76.7 cm³/mol. The minimum atomic E-state index is -0.321. The van der Waals surface area contributed by atoms with E-state index in [0.717, 1.165) is 5.69 Å². The second-order valence-corrected chi connectivity index (χ2v) is 4.63. The number of rotatable bonds is 3. The van der Waals surface area contributed by atoms with Gasteiger partial charge in [-0.1, -0.05) is 11.6 Å². The molecule has 0 atom stereocenters. The van der Waals surface area contributed by atoms with Gasteiger partial charge in [-0.2, -0.15) is 5.10 Å². The van der Waals surface area contributed by atoms with Crippen molar-refractivity contribution in [1.29, 1.82) is 0 Å². The third-order valence-corrected chi connectivity index (χ3v) is 2.83. The number of aromatic nitrogens is 2. The molecule has 7 heteroatoms. The number of hydrogen-bond donors (Lipinski definition) is 3. The molecule has 0 spiro atoms. The van der Waals surface area contributed by atoms with Crippen molar-refractivity contribution in [3.05, 3.63) is 35.0 Å². The average Bonchev–Trinajstić information content (AvgIpc) is 2.75. The van der Waals surface area contributed by atoms with Gasteiger partial charge in [-0.25, -0.2) is 0 Å². The Bertz CT molecular complexity index is 608. The van der Waals surface area contributed by atoms with Gasteiger partial charge in [0, 0.05) is 25.8 Å². The van der Waals surface area contributed by atoms with Crippen LogP contribution in [-0.4, -0.2) is 30.2 Å². The molecule has 0 radical (unpaired) electrons. The lowest BCUT2D eigenvalue weighted by Crippen LogP contribution is -2.13. The average molecular weight is 280 g/mol. The summed E-state index contributed by atoms with van der Waals surface area (Å²) in [6, 6.07) is 6.76. The molecule has 0 unspecified atom stereocenters. The van der Waals surface area contributed by atoms with E-state index in [1.807, 2.05) is 25.1 Å². The number of nitrogens with one attached hydrogen (secondary N) is 2. The summed E-state index contributed by atoms with van der Waals surface area (Å²) in [6.45, 7) is 0. The van der Waals surface area contributed by atoms with Gasteiger partial charge in [-0.3, -0.25) is 9.89 Å². The van der Waals surface area contributed by atoms with Crippen LogP contribution < -0.4 is 16.0 Å². The van der Waals surface area contributed by atoms with E-state index in [0.29, 0.717) is 16.4 Å². The number of halogens is 1. The second-order valence-electron chi connectivity index (χ2n) is 4.22. The van der Waals surface area contributed by atoms with Gasteiger partial charge in [0.1, 0.15) is 11.5 Å². The number of hydrogen-bond acceptors (Lipinski definition) is 4. The van der Waals surface area contributed by atoms with Crippen LogP contribution in [0, 0.1) is 0 Å². The summed E-state index contributed by atoms with van der Waals surface area (Å²) < 4.78 is 0. The van der Waals surface area contributed by atoms with Crippen LogP contribution in [0.2, 0.25) is 5.02 Å². The van der Waals surface area contributed by atoms with Crippen molar-refractivity contribution in [1.82, 2.24) is 10.2 Å². The quantitative estimate of drug-likeness (QED) is 0.801. The lowest BCUT2D eigenvalue weighted by atomic mass is 10.2. The molecule has 1 amide bonds. The van der Waals surface area contributed by atoms with Crippen LogP contribution in [0.25, 0.3) is 0 Å². The molecule has 1 aromatic carbocycles. The molecule has 0 aliphatic rings. The summed E-state index contributed by atoms with van der Waals surface area (Å²) in [4.78, 5) is 13.8. The van der Waals surface area contributed by atoms with Crippen molar-refractivity contribution in [3.63, 3.8) is 0 Å². The monoisotopic (exact) mass is 279 g/mol. The number of aromatic amines is 1. The largest absolute Gasteiger partial charge is 0.382 e. The fraction of sp³-hybridized carbons (Fsp3) is 0.167. The second kappa shape index (κ2) is 5.19. The zero-order valence-corrected chi connectivity index (χ0v) is 11.3. The Morgan fingerprint density at radius 2 is 2.16 bits per heavy atom. The normalized spacial score (nSPS) is 10.3. The van der Waals surface area contributed by atoms with Crippen LogP contribution in [0.15, 0.2) is 24.3 Å². The van der Waals surface area contributed by atoms with E-state index in [2.05, 4.69) is 15.5 Å². The van der Waals surface area contributed by atoms with E-state index in [-0.39, 0.29) is 11.7 Å². The van der Waals surface area contributed by atoms with Crippen molar-refractivity contribution in [2.24, 2.45) is 0 Å². The number of anilines is 3. The van der Waals surface area contributed by atoms with Gasteiger partial charge in [0.15, 0.2) is 0 Å². The number of H-pyrrole nitrogens is 1. The van der Waals surface area contributed by atoms with E-state index < -0.39 is 0 Å². The number of benzene rings is 1. The fourth-order valence-electron chi connectivity index (χ4n) is 1.60. The SMILES string of the molecule is CN(C)c1ccc(NC(=O)c2cc(N)n[nH]2)cc1Cl. The highest BCUT2D eigenvalue weighted by atomic mass is 35.5. The summed E-state index contributed by atoms with van der Waals surface area (Å²) in [5, 5.41) is 9.51. The summed E-state index contributed by atoms with van der Waals surface area (Å²) in [7, 11) is 3.79. The zero-order valence-electron chi connectivity index (χ0n) is 10.6. The van der Waals surface area contributed by atoms with E-state index in [1.165, 1.54) is 6.07 Å². The first-order valence-corrected chi connectivity index (χ1v) is 5.94. The Morgan fingerprint density at radius 3 is 2.68 bits per heavy atom. The lowest BCUT2D eigenvalue weighted by molar-refractivity contribution is 0.102. The number of carbonyl (C=O) groups excluding carboxylic acids is 1. The van der Waals surface area contributed by atoms with Gasteiger partial charge >= 0.3 is 0 Å². The van der Waals surface area contributed by atoms with Crippen LogP contribution in [0.5, 0.6) is 0 Å². The van der Waals surface area contributed by atoms with Gasteiger partial charge in [0.2, 0.25) is 0 Å². The van der Waals surface area contributed by atoms with E-state index in [9.17, 15) is 4.79 Å². The molecule has 0 saturated heterocycles. The molecule has 1 heterocycles. The van der Waals surface area contributed by atoms with Gasteiger partial charge in [-0.15, -0.1) is 0 Å². The van der Waals surface area contributed by atoms with E-state index >= 15 is 0 Å². The third-order valence-electron chi connectivity index (χ3n) is 2.53. The van der Waals surface area contributed by atoms with Crippen molar-refractivity contribution >= 4 is 34.7 Å². The first kappa shape index (κ1) is 13.2. The molecule has 19 heavy (non-hydrogen) atoms. The Kier molecular flexibility index (Phi) is 3.62. The maximum atomic E-state index is 11.9. The molecular formula is C12H14ClN5O. The van der Waals surface area contributed by atoms with Crippen molar-refractivity contribution in [2.75, 3.05) is 30.0 Å². The van der Waals surface area contributed by atoms with Gasteiger partial charge < -0.3 is 16.0 Å². The van der Waals surface area contributed by atoms with Crippen LogP contribution in [0.4, 0.5) is 17.2 Å². The summed E-state index contributed by atoms with van der Waals surface area (Å²) in [6.07, 6.45) is 0. The topological polar surface area (TPSA) is 87.0 Å². The van der Waals surface area contributed by atoms with Crippen molar-refractivity contribution in [3.8, 4) is 0 Å². The number of amides is 1. The molecule has 0 bridgehead atoms. The zero-order chi connectivity index (χ0) is 14.0. The highest BCUT2D eigenvalue weighted by Gasteiger charge is 2.10. The van der Waals surface area contributed by atoms with Gasteiger partial charge in [0.05, 0.1) is 10.7 Å². The molecule has 0 fully saturated rings. The molecule has 0 aliphatic heterocycles. The Labute approximate surface area is 115 Å². The molecule has 0 saturated carbocycles. The molecule has 6 nitrogen and oxygen atoms in total. The van der Waals surface area contributed by atoms with E-state index in [1.54, 1.807) is 12.1 Å². The minimum Gasteiger partial charge on any atom is -0.382 e. The Balaban J connectivity index is 2.16. The maximum absolute atomic E-state index is 11.9. The molecule has 4 N–H and O–H groups in total. The Hall–Kier alpha value is -2.21. The molecular weight excluding hydrogens is 266 g/mol. The van der Waals surface area contributed by atoms with Gasteiger partial charge in [0.25, 0.3) is 5.91 Å². The first-order valence-electron chi connectivity index (χ1n) is 5.56. The number of nitrogens with two attached hydrogens (primary N) is 1. The summed E-state index contributed by atoms with van der Waals surface area (Å²) in [5.74, 6) is -0.0518. The summed E-state index contributed by atoms with van der Waals surface area (Å²) >= 11 is 6.12. The molecule has 2 aromatic rings. The fourth-order valence-corrected chi connectivity index (χ4v) is 1.95. The van der Waals surface area contributed by atoms with Crippen LogP contribution in [0.3, 0.4) is 0 Å². The smallest absolute Gasteiger partial charge is 0.273 e. The number of nitrogen functional groups attached to an aromatic ring is 1. The van der Waals surface area contributed by atoms with Crippen molar-refractivity contribution in [2.45, 2.75) is 0 Å². The Morgan fingerprint density at radius 1 is 1.42 bits per heavy atom. The number of carbonyl (C=O) groups is 1. The predicted octanol–water partition coefficient (Wildman–Crippen LogP) is 1.96. The number of nitrogens with zero attached hydrogens (tertiary/aromatic N) is 2. The highest BCUT2D eigenvalue weighted by molar-refractivity contribution is 6.33. The maximum Gasteiger partial charge on any atom is 0.273 e. The van der Waals surface area contributed by atoms with Crippen LogP contribution in [0.1, 0.15) is 10.5 Å². The lowest BCUT2D eigenvalue weighted by Gasteiger charge is -2.15. The minimum absolute atomic E-state index is 0.270. The van der Waals surface area contributed by atoms with Gasteiger partial charge in [-0.05, 0) is 18.2 Å². The first-order chi connectivity index (χ1) is 8.97. The molecule has 0 aliphatic carbocycles.